The van der Waals surface area contributed by atoms with E-state index in [2.05, 4.69) is 19.8 Å². The predicted molar refractivity (Wildman–Crippen MR) is 126 cm³/mol. The van der Waals surface area contributed by atoms with E-state index in [1.54, 1.807) is 6.92 Å². The van der Waals surface area contributed by atoms with E-state index >= 15 is 0 Å². The van der Waals surface area contributed by atoms with E-state index in [-0.39, 0.29) is 29.8 Å². The van der Waals surface area contributed by atoms with E-state index in [0.717, 1.165) is 74.1 Å². The number of aryl methyl sites for hydroxylation is 1. The standard InChI is InChI=1S/C24H33N5O2S/c1-16-22(32-28-27-16)23(30)26-21-10-6-5-9-18(21)15-29(20-13-11-19(25)12-14-20)24(31)17-7-3-2-4-8-17/h5-6,9-10,17,19-20H,2-4,7-8,11-15,25H2,1H3,(H,26,30). The van der Waals surface area contributed by atoms with Crippen LogP contribution in [0, 0.1) is 12.8 Å². The number of rotatable bonds is 6. The molecule has 2 aliphatic rings. The zero-order chi connectivity index (χ0) is 22.5. The average Bonchev–Trinajstić information content (AvgIpc) is 3.25. The van der Waals surface area contributed by atoms with E-state index in [9.17, 15) is 9.59 Å². The Labute approximate surface area is 193 Å². The fraction of sp³-hybridized carbons (Fsp3) is 0.583. The van der Waals surface area contributed by atoms with E-state index in [0.29, 0.717) is 17.1 Å². The Balaban J connectivity index is 1.55. The number of anilines is 1. The monoisotopic (exact) mass is 455 g/mol. The molecule has 0 bridgehead atoms. The molecule has 7 nitrogen and oxygen atoms in total. The van der Waals surface area contributed by atoms with Gasteiger partial charge in [0.05, 0.1) is 5.69 Å². The van der Waals surface area contributed by atoms with Crippen molar-refractivity contribution < 1.29 is 9.59 Å². The molecular weight excluding hydrogens is 422 g/mol. The van der Waals surface area contributed by atoms with E-state index < -0.39 is 0 Å². The lowest BCUT2D eigenvalue weighted by Gasteiger charge is -2.39. The molecule has 2 amide bonds. The van der Waals surface area contributed by atoms with Gasteiger partial charge in [-0.2, -0.15) is 0 Å². The summed E-state index contributed by atoms with van der Waals surface area (Å²) in [5.41, 5.74) is 8.46. The van der Waals surface area contributed by atoms with Crippen molar-refractivity contribution in [2.75, 3.05) is 5.32 Å². The summed E-state index contributed by atoms with van der Waals surface area (Å²) in [5, 5.41) is 6.96. The van der Waals surface area contributed by atoms with Crippen LogP contribution in [0.25, 0.3) is 0 Å². The van der Waals surface area contributed by atoms with Gasteiger partial charge in [-0.1, -0.05) is 41.9 Å². The van der Waals surface area contributed by atoms with Crippen LogP contribution in [0.15, 0.2) is 24.3 Å². The summed E-state index contributed by atoms with van der Waals surface area (Å²) in [6.45, 7) is 2.29. The number of nitrogens with zero attached hydrogens (tertiary/aromatic N) is 3. The molecule has 3 N–H and O–H groups in total. The molecule has 4 rings (SSSR count). The van der Waals surface area contributed by atoms with Crippen molar-refractivity contribution in [3.63, 3.8) is 0 Å². The molecule has 2 fully saturated rings. The third-order valence-corrected chi connectivity index (χ3v) is 7.71. The second-order valence-corrected chi connectivity index (χ2v) is 9.92. The van der Waals surface area contributed by atoms with Gasteiger partial charge in [0.1, 0.15) is 4.88 Å². The molecule has 172 valence electrons. The fourth-order valence-electron chi connectivity index (χ4n) is 4.97. The molecule has 0 aliphatic heterocycles. The number of carbonyl (C=O) groups excluding carboxylic acids is 2. The molecule has 0 radical (unpaired) electrons. The molecule has 1 heterocycles. The average molecular weight is 456 g/mol. The number of benzene rings is 1. The van der Waals surface area contributed by atoms with Gasteiger partial charge in [0.25, 0.3) is 5.91 Å². The summed E-state index contributed by atoms with van der Waals surface area (Å²) in [6.07, 6.45) is 9.26. The zero-order valence-corrected chi connectivity index (χ0v) is 19.6. The molecular formula is C24H33N5O2S. The number of amides is 2. The normalized spacial score (nSPS) is 21.8. The Kier molecular flexibility index (Phi) is 7.52. The molecule has 0 spiro atoms. The number of nitrogens with two attached hydrogens (primary N) is 1. The molecule has 1 aromatic carbocycles. The van der Waals surface area contributed by atoms with Crippen LogP contribution in [0.1, 0.15) is 78.7 Å². The molecule has 0 atom stereocenters. The molecule has 1 aromatic heterocycles. The van der Waals surface area contributed by atoms with Gasteiger partial charge in [-0.3, -0.25) is 9.59 Å². The van der Waals surface area contributed by atoms with Crippen LogP contribution in [0.4, 0.5) is 5.69 Å². The highest BCUT2D eigenvalue weighted by molar-refractivity contribution is 7.08. The van der Waals surface area contributed by atoms with Crippen molar-refractivity contribution >= 4 is 29.0 Å². The van der Waals surface area contributed by atoms with E-state index in [4.69, 9.17) is 5.73 Å². The Morgan fingerprint density at radius 2 is 1.81 bits per heavy atom. The summed E-state index contributed by atoms with van der Waals surface area (Å²) >= 11 is 1.09. The minimum Gasteiger partial charge on any atom is -0.335 e. The Hall–Kier alpha value is -2.32. The first-order valence-electron chi connectivity index (χ1n) is 11.8. The number of aromatic nitrogens is 2. The second kappa shape index (κ2) is 10.5. The van der Waals surface area contributed by atoms with Crippen LogP contribution in [0.3, 0.4) is 0 Å². The van der Waals surface area contributed by atoms with Gasteiger partial charge in [-0.25, -0.2) is 0 Å². The van der Waals surface area contributed by atoms with Gasteiger partial charge < -0.3 is 16.0 Å². The minimum absolute atomic E-state index is 0.118. The van der Waals surface area contributed by atoms with Crippen LogP contribution in [-0.4, -0.2) is 38.4 Å². The Bertz CT molecular complexity index is 932. The van der Waals surface area contributed by atoms with Crippen molar-refractivity contribution in [3.05, 3.63) is 40.4 Å². The first kappa shape index (κ1) is 22.9. The van der Waals surface area contributed by atoms with Gasteiger partial charge >= 0.3 is 0 Å². The highest BCUT2D eigenvalue weighted by Crippen LogP contribution is 2.31. The maximum atomic E-state index is 13.6. The Morgan fingerprint density at radius 3 is 2.50 bits per heavy atom. The fourth-order valence-corrected chi connectivity index (χ4v) is 5.52. The summed E-state index contributed by atoms with van der Waals surface area (Å²) in [5.74, 6) is 0.180. The van der Waals surface area contributed by atoms with Crippen LogP contribution < -0.4 is 11.1 Å². The number of hydrogen-bond acceptors (Lipinski definition) is 6. The maximum Gasteiger partial charge on any atom is 0.269 e. The number of hydrogen-bond donors (Lipinski definition) is 2. The maximum absolute atomic E-state index is 13.6. The lowest BCUT2D eigenvalue weighted by Crippen LogP contribution is -2.46. The van der Waals surface area contributed by atoms with Gasteiger partial charge in [-0.05, 0) is 68.6 Å². The second-order valence-electron chi connectivity index (χ2n) is 9.17. The quantitative estimate of drug-likeness (QED) is 0.677. The first-order chi connectivity index (χ1) is 15.5. The summed E-state index contributed by atoms with van der Waals surface area (Å²) < 4.78 is 3.87. The number of carbonyl (C=O) groups is 2. The molecule has 0 unspecified atom stereocenters. The van der Waals surface area contributed by atoms with Crippen LogP contribution in [0.2, 0.25) is 0 Å². The van der Waals surface area contributed by atoms with Crippen molar-refractivity contribution in [1.82, 2.24) is 14.5 Å². The van der Waals surface area contributed by atoms with Gasteiger partial charge in [0.2, 0.25) is 5.91 Å². The SMILES string of the molecule is Cc1nnsc1C(=O)Nc1ccccc1CN(C(=O)C1CCCCC1)C1CCC(N)CC1. The Morgan fingerprint density at radius 1 is 1.09 bits per heavy atom. The van der Waals surface area contributed by atoms with Crippen molar-refractivity contribution in [2.45, 2.75) is 83.3 Å². The molecule has 32 heavy (non-hydrogen) atoms. The van der Waals surface area contributed by atoms with E-state index in [1.807, 2.05) is 24.3 Å². The number of para-hydroxylation sites is 1. The van der Waals surface area contributed by atoms with Gasteiger partial charge in [-0.15, -0.1) is 5.10 Å². The topological polar surface area (TPSA) is 101 Å². The van der Waals surface area contributed by atoms with Crippen LogP contribution in [0.5, 0.6) is 0 Å². The minimum atomic E-state index is -0.209. The highest BCUT2D eigenvalue weighted by atomic mass is 32.1. The van der Waals surface area contributed by atoms with Crippen LogP contribution >= 0.6 is 11.5 Å². The van der Waals surface area contributed by atoms with Gasteiger partial charge in [0.15, 0.2) is 0 Å². The molecule has 2 aliphatic carbocycles. The van der Waals surface area contributed by atoms with E-state index in [1.165, 1.54) is 6.42 Å². The first-order valence-corrected chi connectivity index (χ1v) is 12.5. The zero-order valence-electron chi connectivity index (χ0n) is 18.8. The van der Waals surface area contributed by atoms with Crippen molar-refractivity contribution in [3.8, 4) is 0 Å². The molecule has 0 saturated heterocycles. The lowest BCUT2D eigenvalue weighted by atomic mass is 9.85. The molecule has 2 aromatic rings. The number of nitrogens with one attached hydrogen (secondary N) is 1. The lowest BCUT2D eigenvalue weighted by molar-refractivity contribution is -0.140. The molecule has 2 saturated carbocycles. The van der Waals surface area contributed by atoms with Crippen molar-refractivity contribution in [2.24, 2.45) is 11.7 Å². The summed E-state index contributed by atoms with van der Waals surface area (Å²) in [7, 11) is 0. The highest BCUT2D eigenvalue weighted by Gasteiger charge is 2.33. The summed E-state index contributed by atoms with van der Waals surface area (Å²) in [4.78, 5) is 29.0. The third-order valence-electron chi connectivity index (χ3n) is 6.88. The largest absolute Gasteiger partial charge is 0.335 e. The predicted octanol–water partition coefficient (Wildman–Crippen LogP) is 4.28. The van der Waals surface area contributed by atoms with Crippen molar-refractivity contribution in [1.29, 1.82) is 0 Å². The van der Waals surface area contributed by atoms with Crippen LogP contribution in [-0.2, 0) is 11.3 Å². The van der Waals surface area contributed by atoms with Gasteiger partial charge in [0, 0.05) is 30.2 Å². The summed E-state index contributed by atoms with van der Waals surface area (Å²) in [6, 6.07) is 8.22. The molecule has 8 heteroatoms. The smallest absolute Gasteiger partial charge is 0.269 e. The third kappa shape index (κ3) is 5.35.